The minimum Gasteiger partial charge on any atom is -0.273 e. The topological polar surface area (TPSA) is 58.2 Å². The summed E-state index contributed by atoms with van der Waals surface area (Å²) in [4.78, 5) is 23.1. The summed E-state index contributed by atoms with van der Waals surface area (Å²) in [6, 6.07) is 5.03. The van der Waals surface area contributed by atoms with E-state index < -0.39 is 0 Å². The second-order valence-electron chi connectivity index (χ2n) is 3.84. The van der Waals surface area contributed by atoms with Gasteiger partial charge in [0.1, 0.15) is 0 Å². The molecule has 2 rings (SSSR count). The summed E-state index contributed by atoms with van der Waals surface area (Å²) in [5, 5.41) is 0.490. The molecule has 17 heavy (non-hydrogen) atoms. The van der Waals surface area contributed by atoms with Gasteiger partial charge in [0.05, 0.1) is 5.56 Å². The third kappa shape index (κ3) is 3.32. The zero-order chi connectivity index (χ0) is 12.4. The Labute approximate surface area is 117 Å². The highest BCUT2D eigenvalue weighted by atomic mass is 127. The first-order chi connectivity index (χ1) is 8.08. The molecule has 1 aromatic carbocycles. The molecule has 1 saturated carbocycles. The van der Waals surface area contributed by atoms with Gasteiger partial charge >= 0.3 is 0 Å². The predicted molar refractivity (Wildman–Crippen MR) is 72.5 cm³/mol. The van der Waals surface area contributed by atoms with Crippen LogP contribution in [-0.2, 0) is 4.79 Å². The highest BCUT2D eigenvalue weighted by Gasteiger charge is 2.29. The van der Waals surface area contributed by atoms with Crippen LogP contribution in [0.1, 0.15) is 23.2 Å². The lowest BCUT2D eigenvalue weighted by Gasteiger charge is -2.08. The van der Waals surface area contributed by atoms with Crippen molar-refractivity contribution in [1.82, 2.24) is 10.9 Å². The van der Waals surface area contributed by atoms with Crippen molar-refractivity contribution in [2.45, 2.75) is 12.8 Å². The summed E-state index contributed by atoms with van der Waals surface area (Å²) >= 11 is 7.86. The Kier molecular flexibility index (Phi) is 3.88. The van der Waals surface area contributed by atoms with Gasteiger partial charge in [-0.2, -0.15) is 0 Å². The van der Waals surface area contributed by atoms with E-state index in [9.17, 15) is 9.59 Å². The molecule has 0 aliphatic heterocycles. The largest absolute Gasteiger partial charge is 0.273 e. The van der Waals surface area contributed by atoms with Crippen molar-refractivity contribution in [3.63, 3.8) is 0 Å². The van der Waals surface area contributed by atoms with Gasteiger partial charge in [0, 0.05) is 14.5 Å². The van der Waals surface area contributed by atoms with E-state index in [1.165, 1.54) is 0 Å². The number of benzene rings is 1. The van der Waals surface area contributed by atoms with Gasteiger partial charge in [-0.05, 0) is 53.6 Å². The second-order valence-corrected chi connectivity index (χ2v) is 5.44. The molecule has 1 aliphatic carbocycles. The molecule has 0 saturated heterocycles. The smallest absolute Gasteiger partial charge is 0.270 e. The molecule has 0 unspecified atom stereocenters. The van der Waals surface area contributed by atoms with Crippen molar-refractivity contribution >= 4 is 46.0 Å². The molecule has 2 amide bonds. The molecule has 6 heteroatoms. The number of amides is 2. The molecule has 0 spiro atoms. The molecule has 2 N–H and O–H groups in total. The van der Waals surface area contributed by atoms with E-state index in [2.05, 4.69) is 10.9 Å². The Bertz CT molecular complexity index is 475. The Morgan fingerprint density at radius 3 is 2.65 bits per heavy atom. The maximum atomic E-state index is 11.8. The molecule has 0 bridgehead atoms. The minimum atomic E-state index is -0.356. The number of rotatable bonds is 2. The normalized spacial score (nSPS) is 14.2. The molecule has 90 valence electrons. The van der Waals surface area contributed by atoms with E-state index in [4.69, 9.17) is 11.6 Å². The van der Waals surface area contributed by atoms with Crippen molar-refractivity contribution in [2.75, 3.05) is 0 Å². The first kappa shape index (κ1) is 12.6. The quantitative estimate of drug-likeness (QED) is 0.624. The summed E-state index contributed by atoms with van der Waals surface area (Å²) in [7, 11) is 0. The minimum absolute atomic E-state index is 0.0636. The van der Waals surface area contributed by atoms with Crippen molar-refractivity contribution in [2.24, 2.45) is 5.92 Å². The van der Waals surface area contributed by atoms with Gasteiger partial charge in [0.2, 0.25) is 5.91 Å². The Morgan fingerprint density at radius 2 is 2.00 bits per heavy atom. The van der Waals surface area contributed by atoms with Gasteiger partial charge in [-0.15, -0.1) is 0 Å². The lowest BCUT2D eigenvalue weighted by Crippen LogP contribution is -2.42. The average molecular weight is 365 g/mol. The van der Waals surface area contributed by atoms with Gasteiger partial charge in [-0.1, -0.05) is 11.6 Å². The number of hydrazine groups is 1. The monoisotopic (exact) mass is 364 g/mol. The zero-order valence-corrected chi connectivity index (χ0v) is 11.7. The summed E-state index contributed by atoms with van der Waals surface area (Å²) in [5.74, 6) is -0.421. The molecule has 1 aliphatic rings. The van der Waals surface area contributed by atoms with Gasteiger partial charge < -0.3 is 0 Å². The second kappa shape index (κ2) is 5.22. The van der Waals surface area contributed by atoms with E-state index >= 15 is 0 Å². The van der Waals surface area contributed by atoms with Crippen LogP contribution in [0.4, 0.5) is 0 Å². The fourth-order valence-electron chi connectivity index (χ4n) is 1.30. The molecule has 0 heterocycles. The number of hydrogen-bond donors (Lipinski definition) is 2. The molecule has 1 aromatic rings. The lowest BCUT2D eigenvalue weighted by atomic mass is 10.2. The SMILES string of the molecule is O=C(NNC(=O)C1CC1)c1cc(Cl)ccc1I. The van der Waals surface area contributed by atoms with E-state index in [-0.39, 0.29) is 17.7 Å². The molecule has 0 radical (unpaired) electrons. The third-order valence-corrected chi connectivity index (χ3v) is 3.60. The van der Waals surface area contributed by atoms with Crippen LogP contribution in [-0.4, -0.2) is 11.8 Å². The van der Waals surface area contributed by atoms with Crippen LogP contribution in [0.15, 0.2) is 18.2 Å². The molecular formula is C11H10ClIN2O2. The zero-order valence-electron chi connectivity index (χ0n) is 8.80. The summed E-state index contributed by atoms with van der Waals surface area (Å²) in [6.45, 7) is 0. The van der Waals surface area contributed by atoms with Gasteiger partial charge in [-0.25, -0.2) is 0 Å². The Hall–Kier alpha value is -0.820. The van der Waals surface area contributed by atoms with Gasteiger partial charge in [-0.3, -0.25) is 20.4 Å². The summed E-state index contributed by atoms with van der Waals surface area (Å²) in [5.41, 5.74) is 5.24. The number of halogens is 2. The number of nitrogens with one attached hydrogen (secondary N) is 2. The van der Waals surface area contributed by atoms with E-state index in [1.807, 2.05) is 22.6 Å². The molecule has 0 atom stereocenters. The van der Waals surface area contributed by atoms with Gasteiger partial charge in [0.15, 0.2) is 0 Å². The Morgan fingerprint density at radius 1 is 1.29 bits per heavy atom. The number of carbonyl (C=O) groups excluding carboxylic acids is 2. The molecule has 0 aromatic heterocycles. The van der Waals surface area contributed by atoms with Crippen molar-refractivity contribution in [1.29, 1.82) is 0 Å². The molecule has 1 fully saturated rings. The van der Waals surface area contributed by atoms with Crippen LogP contribution in [0.2, 0.25) is 5.02 Å². The fraction of sp³-hybridized carbons (Fsp3) is 0.273. The van der Waals surface area contributed by atoms with E-state index in [1.54, 1.807) is 18.2 Å². The maximum Gasteiger partial charge on any atom is 0.270 e. The average Bonchev–Trinajstić information content (AvgIpc) is 3.12. The maximum absolute atomic E-state index is 11.8. The standard InChI is InChI=1S/C11H10ClIN2O2/c12-7-3-4-9(13)8(5-7)11(17)15-14-10(16)6-1-2-6/h3-6H,1-2H2,(H,14,16)(H,15,17). The molecule has 4 nitrogen and oxygen atoms in total. The third-order valence-electron chi connectivity index (χ3n) is 2.42. The highest BCUT2D eigenvalue weighted by Crippen LogP contribution is 2.28. The Balaban J connectivity index is 1.98. The number of hydrogen-bond acceptors (Lipinski definition) is 2. The van der Waals surface area contributed by atoms with Crippen molar-refractivity contribution in [3.05, 3.63) is 32.4 Å². The van der Waals surface area contributed by atoms with Crippen LogP contribution >= 0.6 is 34.2 Å². The van der Waals surface area contributed by atoms with E-state index in [0.29, 0.717) is 10.6 Å². The van der Waals surface area contributed by atoms with Crippen LogP contribution in [0.3, 0.4) is 0 Å². The predicted octanol–water partition coefficient (Wildman–Crippen LogP) is 2.12. The van der Waals surface area contributed by atoms with Crippen LogP contribution in [0, 0.1) is 9.49 Å². The van der Waals surface area contributed by atoms with Crippen molar-refractivity contribution < 1.29 is 9.59 Å². The van der Waals surface area contributed by atoms with Crippen LogP contribution < -0.4 is 10.9 Å². The number of carbonyl (C=O) groups is 2. The van der Waals surface area contributed by atoms with E-state index in [0.717, 1.165) is 16.4 Å². The first-order valence-electron chi connectivity index (χ1n) is 5.13. The fourth-order valence-corrected chi connectivity index (χ4v) is 2.06. The van der Waals surface area contributed by atoms with Crippen LogP contribution in [0.25, 0.3) is 0 Å². The lowest BCUT2D eigenvalue weighted by molar-refractivity contribution is -0.123. The molecular weight excluding hydrogens is 354 g/mol. The summed E-state index contributed by atoms with van der Waals surface area (Å²) in [6.07, 6.45) is 1.80. The first-order valence-corrected chi connectivity index (χ1v) is 6.59. The van der Waals surface area contributed by atoms with Crippen LogP contribution in [0.5, 0.6) is 0 Å². The van der Waals surface area contributed by atoms with Gasteiger partial charge in [0.25, 0.3) is 5.91 Å². The summed E-state index contributed by atoms with van der Waals surface area (Å²) < 4.78 is 0.783. The van der Waals surface area contributed by atoms with Crippen molar-refractivity contribution in [3.8, 4) is 0 Å². The highest BCUT2D eigenvalue weighted by molar-refractivity contribution is 14.1.